The SMILES string of the molecule is C[B]c1cccc(C2CC=C(C(=O)O)C(c3cccc(Cl)c3)N2S(=O)(=O)c2ccc(F)cc2)c1. The summed E-state index contributed by atoms with van der Waals surface area (Å²) in [5, 5.41) is 10.3. The van der Waals surface area contributed by atoms with Gasteiger partial charge in [-0.15, -0.1) is 0 Å². The normalized spacial score (nSPS) is 18.9. The third-order valence-electron chi connectivity index (χ3n) is 5.85. The number of carboxylic acids is 1. The Morgan fingerprint density at radius 2 is 1.74 bits per heavy atom. The van der Waals surface area contributed by atoms with Gasteiger partial charge in [0, 0.05) is 5.02 Å². The van der Waals surface area contributed by atoms with Crippen LogP contribution in [0.1, 0.15) is 29.6 Å². The maximum atomic E-state index is 14.0. The molecule has 0 amide bonds. The average Bonchev–Trinajstić information content (AvgIpc) is 2.83. The van der Waals surface area contributed by atoms with Crippen LogP contribution in [0.2, 0.25) is 11.8 Å². The molecule has 0 saturated heterocycles. The fourth-order valence-corrected chi connectivity index (χ4v) is 6.22. The summed E-state index contributed by atoms with van der Waals surface area (Å²) in [5.41, 5.74) is 1.98. The molecule has 2 atom stereocenters. The van der Waals surface area contributed by atoms with Crippen molar-refractivity contribution in [1.29, 1.82) is 0 Å². The molecule has 0 aromatic heterocycles. The van der Waals surface area contributed by atoms with Crippen LogP contribution in [0.15, 0.2) is 89.3 Å². The molecule has 1 aliphatic rings. The van der Waals surface area contributed by atoms with Crippen molar-refractivity contribution < 1.29 is 22.7 Å². The molecule has 0 saturated carbocycles. The van der Waals surface area contributed by atoms with Crippen LogP contribution in [-0.2, 0) is 14.8 Å². The molecule has 1 N–H and O–H groups in total. The molecule has 34 heavy (non-hydrogen) atoms. The zero-order chi connectivity index (χ0) is 24.5. The summed E-state index contributed by atoms with van der Waals surface area (Å²) in [6.45, 7) is 1.88. The number of rotatable bonds is 6. The molecule has 1 radical (unpaired) electrons. The van der Waals surface area contributed by atoms with Gasteiger partial charge in [-0.2, -0.15) is 4.31 Å². The van der Waals surface area contributed by atoms with Gasteiger partial charge in [0.25, 0.3) is 0 Å². The number of aliphatic carboxylic acids is 1. The molecule has 2 unspecified atom stereocenters. The van der Waals surface area contributed by atoms with E-state index in [4.69, 9.17) is 11.6 Å². The summed E-state index contributed by atoms with van der Waals surface area (Å²) in [6, 6.07) is 16.6. The Kier molecular flexibility index (Phi) is 6.93. The van der Waals surface area contributed by atoms with Gasteiger partial charge in [0.1, 0.15) is 13.1 Å². The van der Waals surface area contributed by atoms with E-state index in [1.807, 2.05) is 38.4 Å². The Balaban J connectivity index is 1.98. The van der Waals surface area contributed by atoms with Gasteiger partial charge in [-0.05, 0) is 53.9 Å². The zero-order valence-electron chi connectivity index (χ0n) is 18.2. The first-order chi connectivity index (χ1) is 16.2. The highest BCUT2D eigenvalue weighted by Gasteiger charge is 2.44. The van der Waals surface area contributed by atoms with Crippen LogP contribution in [0.25, 0.3) is 0 Å². The van der Waals surface area contributed by atoms with Gasteiger partial charge < -0.3 is 5.11 Å². The number of benzene rings is 3. The van der Waals surface area contributed by atoms with Crippen LogP contribution in [0.4, 0.5) is 4.39 Å². The van der Waals surface area contributed by atoms with Crippen molar-refractivity contribution >= 4 is 40.3 Å². The van der Waals surface area contributed by atoms with Crippen molar-refractivity contribution in [2.75, 3.05) is 0 Å². The average molecular weight is 497 g/mol. The van der Waals surface area contributed by atoms with Crippen molar-refractivity contribution in [3.05, 3.63) is 106 Å². The number of sulfonamides is 1. The molecule has 9 heteroatoms. The van der Waals surface area contributed by atoms with Crippen LogP contribution in [0.5, 0.6) is 0 Å². The van der Waals surface area contributed by atoms with Gasteiger partial charge >= 0.3 is 5.97 Å². The van der Waals surface area contributed by atoms with Crippen LogP contribution in [0, 0.1) is 5.82 Å². The minimum atomic E-state index is -4.26. The summed E-state index contributed by atoms with van der Waals surface area (Å²) in [5.74, 6) is -1.80. The number of hydrogen-bond acceptors (Lipinski definition) is 3. The van der Waals surface area contributed by atoms with Crippen LogP contribution < -0.4 is 5.46 Å². The molecule has 0 fully saturated rings. The third kappa shape index (κ3) is 4.66. The summed E-state index contributed by atoms with van der Waals surface area (Å²) in [6.07, 6.45) is 1.73. The number of carboxylic acid groups (broad SMARTS) is 1. The Morgan fingerprint density at radius 1 is 1.06 bits per heavy atom. The number of hydrogen-bond donors (Lipinski definition) is 1. The first-order valence-electron chi connectivity index (χ1n) is 10.6. The maximum absolute atomic E-state index is 14.0. The van der Waals surface area contributed by atoms with Crippen LogP contribution in [0.3, 0.4) is 0 Å². The topological polar surface area (TPSA) is 74.7 Å². The molecule has 1 heterocycles. The Bertz CT molecular complexity index is 1360. The first kappa shape index (κ1) is 24.2. The van der Waals surface area contributed by atoms with E-state index in [1.54, 1.807) is 30.3 Å². The highest BCUT2D eigenvalue weighted by molar-refractivity contribution is 7.89. The van der Waals surface area contributed by atoms with Crippen LogP contribution >= 0.6 is 11.6 Å². The predicted octanol–water partition coefficient (Wildman–Crippen LogP) is 4.74. The quantitative estimate of drug-likeness (QED) is 0.500. The largest absolute Gasteiger partial charge is 0.478 e. The van der Waals surface area contributed by atoms with Crippen molar-refractivity contribution in [3.8, 4) is 0 Å². The van der Waals surface area contributed by atoms with E-state index in [-0.39, 0.29) is 16.9 Å². The number of carbonyl (C=O) groups is 1. The monoisotopic (exact) mass is 496 g/mol. The highest BCUT2D eigenvalue weighted by atomic mass is 35.5. The Morgan fingerprint density at radius 3 is 2.38 bits per heavy atom. The number of nitrogens with zero attached hydrogens (tertiary/aromatic N) is 1. The van der Waals surface area contributed by atoms with Crippen molar-refractivity contribution in [2.45, 2.75) is 30.2 Å². The minimum absolute atomic E-state index is 0.0672. The maximum Gasteiger partial charge on any atom is 0.333 e. The van der Waals surface area contributed by atoms with Crippen LogP contribution in [-0.4, -0.2) is 31.1 Å². The van der Waals surface area contributed by atoms with Crippen molar-refractivity contribution in [3.63, 3.8) is 0 Å². The molecule has 0 spiro atoms. The minimum Gasteiger partial charge on any atom is -0.478 e. The van der Waals surface area contributed by atoms with Gasteiger partial charge in [0.2, 0.25) is 10.0 Å². The second-order valence-corrected chi connectivity index (χ2v) is 10.2. The predicted molar refractivity (Wildman–Crippen MR) is 130 cm³/mol. The molecule has 0 aliphatic carbocycles. The molecule has 4 rings (SSSR count). The second-order valence-electron chi connectivity index (χ2n) is 7.92. The van der Waals surface area contributed by atoms with Gasteiger partial charge in [-0.25, -0.2) is 17.6 Å². The van der Waals surface area contributed by atoms with Gasteiger partial charge in [-0.1, -0.05) is 66.4 Å². The van der Waals surface area contributed by atoms with E-state index in [9.17, 15) is 22.7 Å². The van der Waals surface area contributed by atoms with Gasteiger partial charge in [0.15, 0.2) is 0 Å². The standard InChI is InChI=1S/C25H21BClFNO4S/c1-26-18-6-2-4-16(14-18)23-13-12-22(25(30)31)24(17-5-3-7-19(27)15-17)29(23)34(32,33)21-10-8-20(28)9-11-21/h2-12,14-15,23-24H,13H2,1H3,(H,30,31). The molecule has 3 aromatic carbocycles. The fraction of sp³-hybridized carbons (Fsp3) is 0.160. The number of halogens is 2. The molecular weight excluding hydrogens is 476 g/mol. The second kappa shape index (κ2) is 9.74. The summed E-state index contributed by atoms with van der Waals surface area (Å²) < 4.78 is 42.8. The lowest BCUT2D eigenvalue weighted by Gasteiger charge is -2.40. The molecule has 173 valence electrons. The van der Waals surface area contributed by atoms with E-state index in [0.717, 1.165) is 17.6 Å². The first-order valence-corrected chi connectivity index (χ1v) is 12.4. The lowest BCUT2D eigenvalue weighted by molar-refractivity contribution is -0.133. The van der Waals surface area contributed by atoms with Crippen molar-refractivity contribution in [2.24, 2.45) is 0 Å². The summed E-state index contributed by atoms with van der Waals surface area (Å²) >= 11 is 6.20. The fourth-order valence-electron chi connectivity index (χ4n) is 4.24. The molecule has 3 aromatic rings. The molecule has 1 aliphatic heterocycles. The lowest BCUT2D eigenvalue weighted by Crippen LogP contribution is -2.42. The Labute approximate surface area is 203 Å². The summed E-state index contributed by atoms with van der Waals surface area (Å²) in [7, 11) is -2.36. The van der Waals surface area contributed by atoms with E-state index < -0.39 is 33.9 Å². The summed E-state index contributed by atoms with van der Waals surface area (Å²) in [4.78, 5) is 12.1. The van der Waals surface area contributed by atoms with Crippen molar-refractivity contribution in [1.82, 2.24) is 4.31 Å². The molecule has 5 nitrogen and oxygen atoms in total. The zero-order valence-corrected chi connectivity index (χ0v) is 19.8. The van der Waals surface area contributed by atoms with E-state index in [1.165, 1.54) is 16.4 Å². The van der Waals surface area contributed by atoms with Gasteiger partial charge in [0.05, 0.1) is 22.6 Å². The third-order valence-corrected chi connectivity index (χ3v) is 7.97. The smallest absolute Gasteiger partial charge is 0.333 e. The van der Waals surface area contributed by atoms with Gasteiger partial charge in [-0.3, -0.25) is 0 Å². The van der Waals surface area contributed by atoms with E-state index >= 15 is 0 Å². The highest BCUT2D eigenvalue weighted by Crippen LogP contribution is 2.45. The molecule has 0 bridgehead atoms. The van der Waals surface area contributed by atoms with E-state index in [2.05, 4.69) is 0 Å². The Hall–Kier alpha value is -2.94. The van der Waals surface area contributed by atoms with E-state index in [0.29, 0.717) is 16.1 Å². The lowest BCUT2D eigenvalue weighted by atomic mass is 9.72. The molecular formula is C25H21BClFNO4S.